The molecular weight excluding hydrogens is 364 g/mol. The quantitative estimate of drug-likeness (QED) is 0.597. The Morgan fingerprint density at radius 1 is 1.34 bits per heavy atom. The average molecular weight is 401 g/mol. The molecule has 0 unspecified atom stereocenters. The van der Waals surface area contributed by atoms with E-state index in [1.165, 1.54) is 5.57 Å². The Morgan fingerprint density at radius 3 is 2.79 bits per heavy atom. The molecule has 1 spiro atoms. The molecule has 0 aromatic heterocycles. The van der Waals surface area contributed by atoms with Crippen LogP contribution in [-0.4, -0.2) is 45.8 Å². The van der Waals surface area contributed by atoms with Gasteiger partial charge in [0.25, 0.3) is 0 Å². The highest BCUT2D eigenvalue weighted by Gasteiger charge is 2.83. The van der Waals surface area contributed by atoms with Crippen LogP contribution in [-0.2, 0) is 4.74 Å². The maximum atomic E-state index is 12.4. The average Bonchev–Trinajstić information content (AvgIpc) is 3.00. The Balaban J connectivity index is 1.59. The van der Waals surface area contributed by atoms with E-state index in [4.69, 9.17) is 4.74 Å². The van der Waals surface area contributed by atoms with Crippen LogP contribution in [0.15, 0.2) is 34.9 Å². The van der Waals surface area contributed by atoms with Crippen molar-refractivity contribution in [2.75, 3.05) is 13.2 Å². The minimum absolute atomic E-state index is 0.00510. The van der Waals surface area contributed by atoms with Gasteiger partial charge in [0.05, 0.1) is 30.5 Å². The fraction of sp³-hybridized carbons (Fsp3) is 0.760. The molecule has 0 radical (unpaired) electrons. The van der Waals surface area contributed by atoms with E-state index in [1.54, 1.807) is 0 Å². The van der Waals surface area contributed by atoms with Crippen molar-refractivity contribution in [2.24, 2.45) is 28.6 Å². The van der Waals surface area contributed by atoms with E-state index in [1.807, 2.05) is 6.92 Å². The molecule has 3 fully saturated rings. The number of allylic oxidation sites excluding steroid dienone is 2. The number of hydrogen-bond acceptors (Lipinski definition) is 4. The Bertz CT molecular complexity index is 827. The maximum Gasteiger partial charge on any atom is 0.0847 e. The first-order chi connectivity index (χ1) is 13.7. The zero-order valence-electron chi connectivity index (χ0n) is 18.2. The highest BCUT2D eigenvalue weighted by Crippen LogP contribution is 2.81. The summed E-state index contributed by atoms with van der Waals surface area (Å²) in [5.41, 5.74) is 1.89. The summed E-state index contributed by atoms with van der Waals surface area (Å²) in [6, 6.07) is 0. The van der Waals surface area contributed by atoms with Gasteiger partial charge in [-0.05, 0) is 56.9 Å². The van der Waals surface area contributed by atoms with Crippen molar-refractivity contribution in [1.82, 2.24) is 0 Å². The normalized spacial score (nSPS) is 50.6. The minimum atomic E-state index is -0.839. The molecule has 1 aliphatic heterocycles. The molecule has 2 saturated carbocycles. The lowest BCUT2D eigenvalue weighted by Gasteiger charge is -2.65. The third-order valence-corrected chi connectivity index (χ3v) is 9.65. The third kappa shape index (κ3) is 2.14. The Kier molecular flexibility index (Phi) is 4.18. The SMILES string of the molecule is C/C(=C/CC[C@H](C)C1=C[C@@H]2O[C@]3(C)C[C@@]4(O)[C@@H]5C(CO)=CC[C@]14[C@@]2(C)C[C@@H]53)CO. The summed E-state index contributed by atoms with van der Waals surface area (Å²) in [7, 11) is 0. The smallest absolute Gasteiger partial charge is 0.0847 e. The Morgan fingerprint density at radius 2 is 2.10 bits per heavy atom. The van der Waals surface area contributed by atoms with Gasteiger partial charge in [0.1, 0.15) is 0 Å². The zero-order valence-corrected chi connectivity index (χ0v) is 18.2. The van der Waals surface area contributed by atoms with Gasteiger partial charge in [-0.1, -0.05) is 43.2 Å². The molecular formula is C25H36O4. The van der Waals surface area contributed by atoms with Crippen LogP contribution in [0, 0.1) is 28.6 Å². The monoisotopic (exact) mass is 400 g/mol. The highest BCUT2D eigenvalue weighted by atomic mass is 16.5. The number of ether oxygens (including phenoxy) is 1. The van der Waals surface area contributed by atoms with Gasteiger partial charge in [-0.2, -0.15) is 0 Å². The van der Waals surface area contributed by atoms with E-state index in [9.17, 15) is 15.3 Å². The van der Waals surface area contributed by atoms with E-state index in [0.29, 0.717) is 12.3 Å². The van der Waals surface area contributed by atoms with Gasteiger partial charge in [0, 0.05) is 23.2 Å². The summed E-state index contributed by atoms with van der Waals surface area (Å²) in [4.78, 5) is 0. The first kappa shape index (κ1) is 20.0. The van der Waals surface area contributed by atoms with Crippen LogP contribution in [0.3, 0.4) is 0 Å². The summed E-state index contributed by atoms with van der Waals surface area (Å²) >= 11 is 0. The fourth-order valence-electron chi connectivity index (χ4n) is 8.40. The van der Waals surface area contributed by atoms with Crippen molar-refractivity contribution in [1.29, 1.82) is 0 Å². The largest absolute Gasteiger partial charge is 0.392 e. The number of aliphatic hydroxyl groups is 3. The number of hydrogen-bond donors (Lipinski definition) is 3. The van der Waals surface area contributed by atoms with E-state index >= 15 is 0 Å². The maximum absolute atomic E-state index is 12.4. The first-order valence-electron chi connectivity index (χ1n) is 11.4. The van der Waals surface area contributed by atoms with E-state index in [-0.39, 0.29) is 47.6 Å². The van der Waals surface area contributed by atoms with Gasteiger partial charge in [0.15, 0.2) is 0 Å². The minimum Gasteiger partial charge on any atom is -0.392 e. The van der Waals surface area contributed by atoms with E-state index in [0.717, 1.165) is 36.8 Å². The van der Waals surface area contributed by atoms with Crippen molar-refractivity contribution < 1.29 is 20.1 Å². The summed E-state index contributed by atoms with van der Waals surface area (Å²) in [6.07, 6.45) is 11.3. The Labute approximate surface area is 174 Å². The highest BCUT2D eigenvalue weighted by molar-refractivity contribution is 5.49. The van der Waals surface area contributed by atoms with Crippen LogP contribution in [0.4, 0.5) is 0 Å². The van der Waals surface area contributed by atoms with Gasteiger partial charge >= 0.3 is 0 Å². The molecule has 3 N–H and O–H groups in total. The number of rotatable bonds is 6. The molecule has 5 bridgehead atoms. The molecule has 4 aliphatic carbocycles. The molecule has 4 nitrogen and oxygen atoms in total. The van der Waals surface area contributed by atoms with Crippen molar-refractivity contribution in [3.8, 4) is 0 Å². The molecule has 1 saturated heterocycles. The zero-order chi connectivity index (χ0) is 20.8. The second kappa shape index (κ2) is 6.06. The van der Waals surface area contributed by atoms with Gasteiger partial charge in [-0.15, -0.1) is 0 Å². The van der Waals surface area contributed by atoms with Crippen molar-refractivity contribution in [3.05, 3.63) is 34.9 Å². The van der Waals surface area contributed by atoms with Crippen LogP contribution >= 0.6 is 0 Å². The molecule has 8 atom stereocenters. The van der Waals surface area contributed by atoms with Crippen LogP contribution < -0.4 is 0 Å². The molecule has 160 valence electrons. The lowest BCUT2D eigenvalue weighted by atomic mass is 9.41. The summed E-state index contributed by atoms with van der Waals surface area (Å²) in [6.45, 7) is 8.95. The fourth-order valence-corrected chi connectivity index (χ4v) is 8.40. The molecule has 5 rings (SSSR count). The van der Waals surface area contributed by atoms with Gasteiger partial charge in [-0.3, -0.25) is 0 Å². The first-order valence-corrected chi connectivity index (χ1v) is 11.4. The van der Waals surface area contributed by atoms with Crippen LogP contribution in [0.5, 0.6) is 0 Å². The molecule has 1 heterocycles. The predicted octanol–water partition coefficient (Wildman–Crippen LogP) is 3.52. The third-order valence-electron chi connectivity index (χ3n) is 9.65. The summed E-state index contributed by atoms with van der Waals surface area (Å²) in [5.74, 6) is 0.630. The van der Waals surface area contributed by atoms with Gasteiger partial charge < -0.3 is 20.1 Å². The molecule has 0 aromatic rings. The lowest BCUT2D eigenvalue weighted by Crippen LogP contribution is -2.67. The standard InChI is InChI=1S/C25H36O4/c1-15(12-26)6-5-7-16(2)18-10-20-22(3)11-19-21-17(13-27)8-9-24(18,22)25(21,28)14-23(19,4)29-20/h6,8,10,16,19-21,26-28H,5,7,9,11-14H2,1-4H3/b15-6-/t16-,19-,20-,21+,22-,23+,24+,25+/m0/s1. The molecule has 0 aromatic carbocycles. The Hall–Kier alpha value is -0.940. The molecule has 0 amide bonds. The summed E-state index contributed by atoms with van der Waals surface area (Å²) < 4.78 is 6.79. The predicted molar refractivity (Wildman–Crippen MR) is 112 cm³/mol. The molecule has 29 heavy (non-hydrogen) atoms. The number of aliphatic hydroxyl groups excluding tert-OH is 2. The molecule has 5 aliphatic rings. The van der Waals surface area contributed by atoms with E-state index < -0.39 is 5.60 Å². The van der Waals surface area contributed by atoms with Crippen LogP contribution in [0.1, 0.15) is 59.8 Å². The molecule has 4 heteroatoms. The second-order valence-corrected chi connectivity index (χ2v) is 11.0. The van der Waals surface area contributed by atoms with Crippen molar-refractivity contribution >= 4 is 0 Å². The summed E-state index contributed by atoms with van der Waals surface area (Å²) in [5, 5.41) is 31.8. The van der Waals surface area contributed by atoms with Crippen LogP contribution in [0.25, 0.3) is 0 Å². The topological polar surface area (TPSA) is 69.9 Å². The van der Waals surface area contributed by atoms with Crippen molar-refractivity contribution in [3.63, 3.8) is 0 Å². The second-order valence-electron chi connectivity index (χ2n) is 11.0. The van der Waals surface area contributed by atoms with Crippen molar-refractivity contribution in [2.45, 2.75) is 77.1 Å². The van der Waals surface area contributed by atoms with Gasteiger partial charge in [-0.25, -0.2) is 0 Å². The lowest BCUT2D eigenvalue weighted by molar-refractivity contribution is -0.237. The van der Waals surface area contributed by atoms with Crippen LogP contribution in [0.2, 0.25) is 0 Å². The van der Waals surface area contributed by atoms with E-state index in [2.05, 4.69) is 39.0 Å². The van der Waals surface area contributed by atoms with Gasteiger partial charge in [0.2, 0.25) is 0 Å².